The van der Waals surface area contributed by atoms with Gasteiger partial charge in [-0.25, -0.2) is 4.39 Å². The molecule has 1 amide bonds. The lowest BCUT2D eigenvalue weighted by Crippen LogP contribution is -2.38. The molecule has 0 spiro atoms. The number of thiophene rings is 1. The molecular weight excluding hydrogens is 313 g/mol. The normalized spacial score (nSPS) is 13.5. The number of carbonyl (C=O) groups is 1. The van der Waals surface area contributed by atoms with Crippen LogP contribution in [-0.2, 0) is 16.8 Å². The van der Waals surface area contributed by atoms with Crippen molar-refractivity contribution < 1.29 is 14.3 Å². The monoisotopic (exact) mass is 335 g/mol. The number of aryl methyl sites for hydroxylation is 1. The van der Waals surface area contributed by atoms with E-state index >= 15 is 0 Å². The van der Waals surface area contributed by atoms with E-state index in [1.165, 1.54) is 29.1 Å². The number of benzene rings is 1. The van der Waals surface area contributed by atoms with Crippen LogP contribution in [0.5, 0.6) is 0 Å². The van der Waals surface area contributed by atoms with Gasteiger partial charge in [-0.2, -0.15) is 0 Å². The predicted molar refractivity (Wildman–Crippen MR) is 90.9 cm³/mol. The quantitative estimate of drug-likeness (QED) is 0.724. The van der Waals surface area contributed by atoms with Crippen molar-refractivity contribution >= 4 is 17.2 Å². The van der Waals surface area contributed by atoms with Crippen LogP contribution in [0.25, 0.3) is 0 Å². The highest BCUT2D eigenvalue weighted by molar-refractivity contribution is 7.09. The molecule has 0 bridgehead atoms. The standard InChI is InChI=1S/C18H22FNO2S/c1-18(22,14-8-10-15(19)11-9-14)13-20-17(21)7-3-2-5-16-6-4-12-23-16/h4,6,8-12,22H,2-3,5,7,13H2,1H3,(H,20,21). The van der Waals surface area contributed by atoms with E-state index in [1.807, 2.05) is 6.07 Å². The minimum atomic E-state index is -1.21. The Hall–Kier alpha value is -1.72. The molecule has 23 heavy (non-hydrogen) atoms. The van der Waals surface area contributed by atoms with Gasteiger partial charge in [0.05, 0.1) is 6.54 Å². The highest BCUT2D eigenvalue weighted by Crippen LogP contribution is 2.20. The van der Waals surface area contributed by atoms with E-state index in [0.29, 0.717) is 12.0 Å². The van der Waals surface area contributed by atoms with Gasteiger partial charge >= 0.3 is 0 Å². The van der Waals surface area contributed by atoms with Crippen molar-refractivity contribution in [1.82, 2.24) is 5.32 Å². The van der Waals surface area contributed by atoms with E-state index in [9.17, 15) is 14.3 Å². The number of unbranched alkanes of at least 4 members (excludes halogenated alkanes) is 1. The Morgan fingerprint density at radius 1 is 1.26 bits per heavy atom. The van der Waals surface area contributed by atoms with Crippen LogP contribution in [-0.4, -0.2) is 17.6 Å². The molecule has 124 valence electrons. The second kappa shape index (κ2) is 8.22. The van der Waals surface area contributed by atoms with Crippen molar-refractivity contribution in [3.63, 3.8) is 0 Å². The van der Waals surface area contributed by atoms with Crippen molar-refractivity contribution in [3.05, 3.63) is 58.0 Å². The lowest BCUT2D eigenvalue weighted by molar-refractivity contribution is -0.122. The van der Waals surface area contributed by atoms with Crippen molar-refractivity contribution in [2.75, 3.05) is 6.54 Å². The van der Waals surface area contributed by atoms with Crippen LogP contribution in [0.4, 0.5) is 4.39 Å². The van der Waals surface area contributed by atoms with E-state index in [-0.39, 0.29) is 18.3 Å². The average Bonchev–Trinajstić information content (AvgIpc) is 3.03. The Morgan fingerprint density at radius 2 is 2.00 bits per heavy atom. The third-order valence-electron chi connectivity index (χ3n) is 3.75. The smallest absolute Gasteiger partial charge is 0.220 e. The van der Waals surface area contributed by atoms with Crippen LogP contribution in [0.2, 0.25) is 0 Å². The van der Waals surface area contributed by atoms with Gasteiger partial charge in [0.25, 0.3) is 0 Å². The fraction of sp³-hybridized carbons (Fsp3) is 0.389. The summed E-state index contributed by atoms with van der Waals surface area (Å²) >= 11 is 1.73. The first kappa shape index (κ1) is 17.6. The van der Waals surface area contributed by atoms with Crippen molar-refractivity contribution in [3.8, 4) is 0 Å². The fourth-order valence-electron chi connectivity index (χ4n) is 2.31. The Bertz CT molecular complexity index is 608. The summed E-state index contributed by atoms with van der Waals surface area (Å²) in [5.41, 5.74) is -0.628. The van der Waals surface area contributed by atoms with Gasteiger partial charge in [-0.05, 0) is 55.3 Å². The number of nitrogens with one attached hydrogen (secondary N) is 1. The molecule has 0 aliphatic carbocycles. The topological polar surface area (TPSA) is 49.3 Å². The maximum absolute atomic E-state index is 12.9. The minimum absolute atomic E-state index is 0.0708. The van der Waals surface area contributed by atoms with Gasteiger partial charge < -0.3 is 10.4 Å². The Balaban J connectivity index is 1.69. The summed E-state index contributed by atoms with van der Waals surface area (Å²) in [7, 11) is 0. The molecule has 0 aliphatic rings. The maximum Gasteiger partial charge on any atom is 0.220 e. The molecule has 1 heterocycles. The number of hydrogen-bond donors (Lipinski definition) is 2. The van der Waals surface area contributed by atoms with Gasteiger partial charge in [0.1, 0.15) is 11.4 Å². The molecule has 0 radical (unpaired) electrons. The number of aliphatic hydroxyl groups is 1. The lowest BCUT2D eigenvalue weighted by Gasteiger charge is -2.24. The average molecular weight is 335 g/mol. The summed E-state index contributed by atoms with van der Waals surface area (Å²) in [6, 6.07) is 9.80. The zero-order chi connectivity index (χ0) is 16.7. The van der Waals surface area contributed by atoms with E-state index in [0.717, 1.165) is 19.3 Å². The van der Waals surface area contributed by atoms with Crippen LogP contribution >= 0.6 is 11.3 Å². The molecule has 2 N–H and O–H groups in total. The summed E-state index contributed by atoms with van der Waals surface area (Å²) < 4.78 is 12.9. The third-order valence-corrected chi connectivity index (χ3v) is 4.69. The van der Waals surface area contributed by atoms with E-state index in [1.54, 1.807) is 18.3 Å². The maximum atomic E-state index is 12.9. The zero-order valence-corrected chi connectivity index (χ0v) is 14.0. The lowest BCUT2D eigenvalue weighted by atomic mass is 9.96. The van der Waals surface area contributed by atoms with Crippen LogP contribution < -0.4 is 5.32 Å². The zero-order valence-electron chi connectivity index (χ0n) is 13.2. The fourth-order valence-corrected chi connectivity index (χ4v) is 3.06. The predicted octanol–water partition coefficient (Wildman–Crippen LogP) is 3.62. The van der Waals surface area contributed by atoms with Gasteiger partial charge in [-0.15, -0.1) is 11.3 Å². The van der Waals surface area contributed by atoms with Gasteiger partial charge in [0.15, 0.2) is 0 Å². The van der Waals surface area contributed by atoms with Crippen molar-refractivity contribution in [1.29, 1.82) is 0 Å². The molecule has 2 aromatic rings. The number of hydrogen-bond acceptors (Lipinski definition) is 3. The molecule has 2 rings (SSSR count). The molecule has 1 unspecified atom stereocenters. The van der Waals surface area contributed by atoms with Crippen LogP contribution in [0.15, 0.2) is 41.8 Å². The SMILES string of the molecule is CC(O)(CNC(=O)CCCCc1cccs1)c1ccc(F)cc1. The van der Waals surface area contributed by atoms with Gasteiger partial charge in [0, 0.05) is 11.3 Å². The summed E-state index contributed by atoms with van der Waals surface area (Å²) in [4.78, 5) is 13.2. The Kier molecular flexibility index (Phi) is 6.30. The van der Waals surface area contributed by atoms with E-state index in [4.69, 9.17) is 0 Å². The summed E-state index contributed by atoms with van der Waals surface area (Å²) in [6.45, 7) is 1.72. The number of halogens is 1. The van der Waals surface area contributed by atoms with Gasteiger partial charge in [0.2, 0.25) is 5.91 Å². The highest BCUT2D eigenvalue weighted by Gasteiger charge is 2.23. The first-order valence-electron chi connectivity index (χ1n) is 7.75. The molecule has 0 fully saturated rings. The first-order chi connectivity index (χ1) is 11.0. The molecule has 1 aromatic heterocycles. The second-order valence-electron chi connectivity index (χ2n) is 5.84. The van der Waals surface area contributed by atoms with Crippen LogP contribution in [0.3, 0.4) is 0 Å². The van der Waals surface area contributed by atoms with Crippen LogP contribution in [0.1, 0.15) is 36.6 Å². The first-order valence-corrected chi connectivity index (χ1v) is 8.63. The molecule has 5 heteroatoms. The number of amides is 1. The van der Waals surface area contributed by atoms with Gasteiger partial charge in [-0.3, -0.25) is 4.79 Å². The summed E-state index contributed by atoms with van der Waals surface area (Å²) in [6.07, 6.45) is 3.24. The number of rotatable bonds is 8. The largest absolute Gasteiger partial charge is 0.384 e. The molecule has 1 aromatic carbocycles. The van der Waals surface area contributed by atoms with Crippen LogP contribution in [0, 0.1) is 5.82 Å². The van der Waals surface area contributed by atoms with Gasteiger partial charge in [-0.1, -0.05) is 18.2 Å². The second-order valence-corrected chi connectivity index (χ2v) is 6.88. The molecule has 1 atom stereocenters. The summed E-state index contributed by atoms with van der Waals surface area (Å²) in [5, 5.41) is 15.2. The minimum Gasteiger partial charge on any atom is -0.384 e. The Morgan fingerprint density at radius 3 is 2.65 bits per heavy atom. The Labute approximate surface area is 140 Å². The molecule has 3 nitrogen and oxygen atoms in total. The molecular formula is C18H22FNO2S. The molecule has 0 saturated carbocycles. The molecule has 0 saturated heterocycles. The summed E-state index contributed by atoms with van der Waals surface area (Å²) in [5.74, 6) is -0.419. The molecule has 0 aliphatic heterocycles. The van der Waals surface area contributed by atoms with E-state index in [2.05, 4.69) is 16.8 Å². The third kappa shape index (κ3) is 5.77. The number of carbonyl (C=O) groups excluding carboxylic acids is 1. The van der Waals surface area contributed by atoms with Crippen molar-refractivity contribution in [2.24, 2.45) is 0 Å². The van der Waals surface area contributed by atoms with E-state index < -0.39 is 5.60 Å². The highest BCUT2D eigenvalue weighted by atomic mass is 32.1. The van der Waals surface area contributed by atoms with Crippen molar-refractivity contribution in [2.45, 2.75) is 38.2 Å².